The molecule has 3 rings (SSSR count). The lowest BCUT2D eigenvalue weighted by molar-refractivity contribution is 0.213. The van der Waals surface area contributed by atoms with Crippen molar-refractivity contribution in [3.05, 3.63) is 11.6 Å². The second-order valence-corrected chi connectivity index (χ2v) is 7.33. The van der Waals surface area contributed by atoms with Gasteiger partial charge < -0.3 is 9.88 Å². The Balaban J connectivity index is 1.68. The van der Waals surface area contributed by atoms with Crippen LogP contribution in [0.2, 0.25) is 0 Å². The highest BCUT2D eigenvalue weighted by molar-refractivity contribution is 5.03. The second kappa shape index (κ2) is 6.47. The molecule has 1 fully saturated rings. The van der Waals surface area contributed by atoms with Crippen LogP contribution in [0.4, 0.5) is 0 Å². The minimum atomic E-state index is 0.310. The number of fused-ring (bicyclic) bond motifs is 1. The summed E-state index contributed by atoms with van der Waals surface area (Å²) in [4.78, 5) is 0. The van der Waals surface area contributed by atoms with Gasteiger partial charge in [-0.3, -0.25) is 0 Å². The van der Waals surface area contributed by atoms with Gasteiger partial charge in [0.05, 0.1) is 6.04 Å². The molecule has 0 aromatic carbocycles. The highest BCUT2D eigenvalue weighted by Crippen LogP contribution is 2.30. The van der Waals surface area contributed by atoms with Crippen molar-refractivity contribution in [1.29, 1.82) is 0 Å². The van der Waals surface area contributed by atoms with E-state index in [1.807, 2.05) is 0 Å². The number of aryl methyl sites for hydroxylation is 1. The monoisotopic (exact) mass is 290 g/mol. The van der Waals surface area contributed by atoms with Crippen LogP contribution >= 0.6 is 0 Å². The number of hydrogen-bond donors (Lipinski definition) is 1. The molecule has 0 amide bonds. The van der Waals surface area contributed by atoms with Crippen molar-refractivity contribution in [3.8, 4) is 0 Å². The first-order chi connectivity index (χ1) is 10.1. The first-order valence-electron chi connectivity index (χ1n) is 8.83. The van der Waals surface area contributed by atoms with Gasteiger partial charge in [0.2, 0.25) is 0 Å². The number of nitrogens with one attached hydrogen (secondary N) is 1. The highest BCUT2D eigenvalue weighted by Gasteiger charge is 2.28. The van der Waals surface area contributed by atoms with Gasteiger partial charge in [0, 0.05) is 19.0 Å². The third-order valence-electron chi connectivity index (χ3n) is 5.42. The fourth-order valence-corrected chi connectivity index (χ4v) is 4.14. The molecule has 2 aliphatic rings. The van der Waals surface area contributed by atoms with E-state index in [0.29, 0.717) is 12.1 Å². The number of nitrogens with zero attached hydrogens (tertiary/aromatic N) is 3. The molecule has 0 bridgehead atoms. The van der Waals surface area contributed by atoms with Crippen LogP contribution in [-0.2, 0) is 13.0 Å². The average Bonchev–Trinajstić information content (AvgIpc) is 2.71. The van der Waals surface area contributed by atoms with E-state index in [0.717, 1.165) is 30.6 Å². The molecular weight excluding hydrogens is 260 g/mol. The largest absolute Gasteiger partial charge is 0.314 e. The number of aromatic nitrogens is 3. The van der Waals surface area contributed by atoms with Crippen molar-refractivity contribution >= 4 is 0 Å². The maximum Gasteiger partial charge on any atom is 0.149 e. The standard InChI is InChI=1S/C17H30N4/c1-12-8-9-15(13(2)11-12)18-14(3)17-20-19-16-7-5-4-6-10-21(16)17/h12-15,18H,4-11H2,1-3H3. The molecule has 118 valence electrons. The van der Waals surface area contributed by atoms with Crippen LogP contribution < -0.4 is 5.32 Å². The molecule has 4 atom stereocenters. The van der Waals surface area contributed by atoms with Crippen LogP contribution in [0.3, 0.4) is 0 Å². The summed E-state index contributed by atoms with van der Waals surface area (Å²) in [5, 5.41) is 12.8. The highest BCUT2D eigenvalue weighted by atomic mass is 15.3. The lowest BCUT2D eigenvalue weighted by atomic mass is 9.79. The zero-order valence-electron chi connectivity index (χ0n) is 13.8. The van der Waals surface area contributed by atoms with Crippen molar-refractivity contribution in [1.82, 2.24) is 20.1 Å². The van der Waals surface area contributed by atoms with Gasteiger partial charge in [0.25, 0.3) is 0 Å². The Morgan fingerprint density at radius 1 is 1.14 bits per heavy atom. The van der Waals surface area contributed by atoms with Crippen molar-refractivity contribution in [2.75, 3.05) is 0 Å². The lowest BCUT2D eigenvalue weighted by Gasteiger charge is -2.35. The minimum absolute atomic E-state index is 0.310. The molecule has 1 aliphatic heterocycles. The van der Waals surface area contributed by atoms with Gasteiger partial charge in [0.1, 0.15) is 11.6 Å². The van der Waals surface area contributed by atoms with Crippen LogP contribution in [0.1, 0.15) is 77.0 Å². The summed E-state index contributed by atoms with van der Waals surface area (Å²) in [5.74, 6) is 4.00. The smallest absolute Gasteiger partial charge is 0.149 e. The SMILES string of the molecule is CC1CCC(NC(C)c2nnc3n2CCCCC3)C(C)C1. The Labute approximate surface area is 128 Å². The van der Waals surface area contributed by atoms with E-state index in [-0.39, 0.29) is 0 Å². The predicted octanol–water partition coefficient (Wildman–Crippen LogP) is 3.48. The first kappa shape index (κ1) is 15.0. The molecule has 1 aliphatic carbocycles. The van der Waals surface area contributed by atoms with E-state index in [2.05, 4.69) is 40.9 Å². The molecule has 4 unspecified atom stereocenters. The van der Waals surface area contributed by atoms with Crippen molar-refractivity contribution in [2.24, 2.45) is 11.8 Å². The van der Waals surface area contributed by atoms with Crippen LogP contribution in [-0.4, -0.2) is 20.8 Å². The van der Waals surface area contributed by atoms with E-state index in [1.54, 1.807) is 0 Å². The molecule has 21 heavy (non-hydrogen) atoms. The van der Waals surface area contributed by atoms with Gasteiger partial charge in [0.15, 0.2) is 0 Å². The van der Waals surface area contributed by atoms with Crippen LogP contribution in [0.15, 0.2) is 0 Å². The molecule has 1 N–H and O–H groups in total. The van der Waals surface area contributed by atoms with E-state index in [4.69, 9.17) is 0 Å². The molecule has 0 spiro atoms. The molecule has 0 radical (unpaired) electrons. The van der Waals surface area contributed by atoms with E-state index < -0.39 is 0 Å². The third kappa shape index (κ3) is 3.31. The van der Waals surface area contributed by atoms with Crippen molar-refractivity contribution in [2.45, 2.75) is 84.3 Å². The molecule has 2 heterocycles. The van der Waals surface area contributed by atoms with Gasteiger partial charge in [-0.25, -0.2) is 0 Å². The zero-order valence-corrected chi connectivity index (χ0v) is 13.8. The fraction of sp³-hybridized carbons (Fsp3) is 0.882. The summed E-state index contributed by atoms with van der Waals surface area (Å²) in [6, 6.07) is 0.945. The summed E-state index contributed by atoms with van der Waals surface area (Å²) in [6.45, 7) is 8.13. The molecule has 4 nitrogen and oxygen atoms in total. The lowest BCUT2D eigenvalue weighted by Crippen LogP contribution is -2.41. The Kier molecular flexibility index (Phi) is 4.63. The van der Waals surface area contributed by atoms with E-state index in [1.165, 1.54) is 44.3 Å². The quantitative estimate of drug-likeness (QED) is 0.926. The van der Waals surface area contributed by atoms with Crippen molar-refractivity contribution < 1.29 is 0 Å². The number of hydrogen-bond acceptors (Lipinski definition) is 3. The maximum atomic E-state index is 4.50. The second-order valence-electron chi connectivity index (χ2n) is 7.33. The van der Waals surface area contributed by atoms with Crippen LogP contribution in [0.5, 0.6) is 0 Å². The average molecular weight is 290 g/mol. The van der Waals surface area contributed by atoms with Crippen LogP contribution in [0, 0.1) is 11.8 Å². The molecule has 4 heteroatoms. The minimum Gasteiger partial charge on any atom is -0.314 e. The normalized spacial score (nSPS) is 31.5. The third-order valence-corrected chi connectivity index (χ3v) is 5.42. The fourth-order valence-electron chi connectivity index (χ4n) is 4.14. The van der Waals surface area contributed by atoms with Gasteiger partial charge in [-0.1, -0.05) is 20.3 Å². The Bertz CT molecular complexity index is 467. The first-order valence-corrected chi connectivity index (χ1v) is 8.83. The summed E-state index contributed by atoms with van der Waals surface area (Å²) in [6.07, 6.45) is 8.95. The van der Waals surface area contributed by atoms with Crippen LogP contribution in [0.25, 0.3) is 0 Å². The van der Waals surface area contributed by atoms with Gasteiger partial charge in [-0.05, 0) is 50.9 Å². The van der Waals surface area contributed by atoms with E-state index >= 15 is 0 Å². The predicted molar refractivity (Wildman–Crippen MR) is 85.1 cm³/mol. The Hall–Kier alpha value is -0.900. The molecule has 1 saturated carbocycles. The molecule has 1 aromatic rings. The van der Waals surface area contributed by atoms with Gasteiger partial charge >= 0.3 is 0 Å². The summed E-state index contributed by atoms with van der Waals surface area (Å²) < 4.78 is 2.38. The van der Waals surface area contributed by atoms with E-state index in [9.17, 15) is 0 Å². The molecule has 1 aromatic heterocycles. The van der Waals surface area contributed by atoms with Gasteiger partial charge in [-0.15, -0.1) is 10.2 Å². The van der Waals surface area contributed by atoms with Gasteiger partial charge in [-0.2, -0.15) is 0 Å². The summed E-state index contributed by atoms with van der Waals surface area (Å²) >= 11 is 0. The number of rotatable bonds is 3. The zero-order chi connectivity index (χ0) is 14.8. The molecule has 0 saturated heterocycles. The Morgan fingerprint density at radius 2 is 2.00 bits per heavy atom. The Morgan fingerprint density at radius 3 is 2.81 bits per heavy atom. The topological polar surface area (TPSA) is 42.7 Å². The molecular formula is C17H30N4. The summed E-state index contributed by atoms with van der Waals surface area (Å²) in [7, 11) is 0. The maximum absolute atomic E-state index is 4.50. The van der Waals surface area contributed by atoms with Crippen molar-refractivity contribution in [3.63, 3.8) is 0 Å². The summed E-state index contributed by atoms with van der Waals surface area (Å²) in [5.41, 5.74) is 0.